The predicted molar refractivity (Wildman–Crippen MR) is 182 cm³/mol. The maximum Gasteiger partial charge on any atom is 0.264 e. The fourth-order valence-corrected chi connectivity index (χ4v) is 6.91. The molecule has 0 saturated carbocycles. The van der Waals surface area contributed by atoms with Gasteiger partial charge in [-0.1, -0.05) is 67.9 Å². The summed E-state index contributed by atoms with van der Waals surface area (Å²) in [5, 5.41) is 2.98. The lowest BCUT2D eigenvalue weighted by Gasteiger charge is -2.34. The van der Waals surface area contributed by atoms with Crippen LogP contribution in [0.4, 0.5) is 10.1 Å². The minimum Gasteiger partial charge on any atom is -0.486 e. The Bertz CT molecular complexity index is 1820. The van der Waals surface area contributed by atoms with Crippen LogP contribution in [0.1, 0.15) is 36.5 Å². The molecule has 9 nitrogen and oxygen atoms in total. The van der Waals surface area contributed by atoms with E-state index in [0.717, 1.165) is 46.0 Å². The highest BCUT2D eigenvalue weighted by molar-refractivity contribution is 7.92. The average Bonchev–Trinajstić information content (AvgIpc) is 3.10. The third-order valence-corrected chi connectivity index (χ3v) is 9.97. The van der Waals surface area contributed by atoms with Gasteiger partial charge in [-0.2, -0.15) is 0 Å². The number of carbonyl (C=O) groups excluding carboxylic acids is 2. The van der Waals surface area contributed by atoms with Crippen LogP contribution in [0.5, 0.6) is 11.5 Å². The van der Waals surface area contributed by atoms with E-state index < -0.39 is 34.3 Å². The highest BCUT2D eigenvalue weighted by Gasteiger charge is 2.35. The van der Waals surface area contributed by atoms with Gasteiger partial charge in [0.2, 0.25) is 11.8 Å². The van der Waals surface area contributed by atoms with Crippen molar-refractivity contribution in [2.45, 2.75) is 50.6 Å². The second kappa shape index (κ2) is 15.8. The third-order valence-electron chi connectivity index (χ3n) is 8.20. The molecule has 0 fully saturated rings. The maximum atomic E-state index is 14.6. The zero-order valence-electron chi connectivity index (χ0n) is 27.1. The number of amides is 2. The summed E-state index contributed by atoms with van der Waals surface area (Å²) in [6, 6.07) is 25.1. The minimum absolute atomic E-state index is 0.0610. The Hall–Kier alpha value is -4.90. The number of fused-ring (bicyclic) bond motifs is 1. The van der Waals surface area contributed by atoms with E-state index in [9.17, 15) is 22.4 Å². The second-order valence-corrected chi connectivity index (χ2v) is 13.5. The van der Waals surface area contributed by atoms with Gasteiger partial charge in [-0.05, 0) is 66.4 Å². The summed E-state index contributed by atoms with van der Waals surface area (Å²) in [7, 11) is -4.41. The highest BCUT2D eigenvalue weighted by atomic mass is 32.2. The van der Waals surface area contributed by atoms with E-state index in [1.54, 1.807) is 0 Å². The number of aryl methyl sites for hydroxylation is 1. The number of carbonyl (C=O) groups is 2. The highest BCUT2D eigenvalue weighted by Crippen LogP contribution is 2.34. The van der Waals surface area contributed by atoms with Crippen LogP contribution in [0.2, 0.25) is 0 Å². The van der Waals surface area contributed by atoms with Gasteiger partial charge in [0, 0.05) is 25.6 Å². The molecule has 0 saturated heterocycles. The molecule has 1 aliphatic rings. The first-order valence-electron chi connectivity index (χ1n) is 16.0. The predicted octanol–water partition coefficient (Wildman–Crippen LogP) is 5.66. The molecule has 0 unspecified atom stereocenters. The first-order valence-corrected chi connectivity index (χ1v) is 17.4. The summed E-state index contributed by atoms with van der Waals surface area (Å²) in [5.74, 6) is -0.824. The first kappa shape index (κ1) is 34.4. The van der Waals surface area contributed by atoms with Crippen molar-refractivity contribution < 1.29 is 31.9 Å². The monoisotopic (exact) mass is 673 g/mol. The Labute approximate surface area is 281 Å². The normalized spacial score (nSPS) is 13.0. The van der Waals surface area contributed by atoms with Crippen molar-refractivity contribution in [3.8, 4) is 11.5 Å². The van der Waals surface area contributed by atoms with Crippen LogP contribution >= 0.6 is 0 Å². The Kier molecular flexibility index (Phi) is 11.3. The summed E-state index contributed by atoms with van der Waals surface area (Å²) < 4.78 is 54.8. The number of nitrogens with one attached hydrogen (secondary N) is 1. The van der Waals surface area contributed by atoms with Crippen molar-refractivity contribution in [2.75, 3.05) is 30.6 Å². The second-order valence-electron chi connectivity index (χ2n) is 11.6. The number of anilines is 1. The van der Waals surface area contributed by atoms with Crippen LogP contribution in [0.15, 0.2) is 102 Å². The fourth-order valence-electron chi connectivity index (χ4n) is 5.48. The molecule has 4 aromatic carbocycles. The molecule has 252 valence electrons. The lowest BCUT2D eigenvalue weighted by molar-refractivity contribution is -0.140. The molecule has 0 aliphatic carbocycles. The minimum atomic E-state index is -4.41. The summed E-state index contributed by atoms with van der Waals surface area (Å²) in [4.78, 5) is 29.8. The van der Waals surface area contributed by atoms with Gasteiger partial charge < -0.3 is 19.7 Å². The topological polar surface area (TPSA) is 105 Å². The van der Waals surface area contributed by atoms with E-state index in [-0.39, 0.29) is 41.8 Å². The van der Waals surface area contributed by atoms with Crippen LogP contribution < -0.4 is 19.1 Å². The number of halogens is 1. The lowest BCUT2D eigenvalue weighted by atomic mass is 10.0. The Morgan fingerprint density at radius 1 is 0.896 bits per heavy atom. The fraction of sp³-hybridized carbons (Fsp3) is 0.297. The smallest absolute Gasteiger partial charge is 0.264 e. The molecule has 0 bridgehead atoms. The van der Waals surface area contributed by atoms with E-state index in [1.807, 2.05) is 68.4 Å². The van der Waals surface area contributed by atoms with Gasteiger partial charge in [-0.15, -0.1) is 0 Å². The molecule has 1 atom stereocenters. The van der Waals surface area contributed by atoms with E-state index >= 15 is 0 Å². The quantitative estimate of drug-likeness (QED) is 0.173. The molecule has 48 heavy (non-hydrogen) atoms. The molecular formula is C37H40FN3O6S. The van der Waals surface area contributed by atoms with Gasteiger partial charge in [0.1, 0.15) is 31.6 Å². The van der Waals surface area contributed by atoms with Gasteiger partial charge in [0.05, 0.1) is 10.6 Å². The maximum absolute atomic E-state index is 14.6. The van der Waals surface area contributed by atoms with Crippen LogP contribution in [0.3, 0.4) is 0 Å². The Balaban J connectivity index is 1.57. The number of hydrogen-bond donors (Lipinski definition) is 1. The third kappa shape index (κ3) is 8.32. The van der Waals surface area contributed by atoms with Crippen molar-refractivity contribution in [3.05, 3.63) is 120 Å². The van der Waals surface area contributed by atoms with Crippen molar-refractivity contribution >= 4 is 27.5 Å². The number of unbranched alkanes of at least 4 members (excludes halogenated alkanes) is 1. The summed E-state index contributed by atoms with van der Waals surface area (Å²) in [6.07, 6.45) is 1.85. The Morgan fingerprint density at radius 3 is 2.29 bits per heavy atom. The molecule has 4 aromatic rings. The van der Waals surface area contributed by atoms with Gasteiger partial charge >= 0.3 is 0 Å². The zero-order chi connectivity index (χ0) is 34.1. The summed E-state index contributed by atoms with van der Waals surface area (Å²) in [6.45, 7) is 4.38. The first-order chi connectivity index (χ1) is 23.2. The lowest BCUT2D eigenvalue weighted by Crippen LogP contribution is -2.53. The van der Waals surface area contributed by atoms with Crippen LogP contribution in [-0.4, -0.2) is 57.5 Å². The van der Waals surface area contributed by atoms with Crippen molar-refractivity contribution in [1.29, 1.82) is 0 Å². The SMILES string of the molecule is CCCCNC(=O)[C@H](Cc1ccccc1)N(Cc1ccccc1C)C(=O)CN(c1ccc(F)cc1)S(=O)(=O)c1ccc2c(c1)OCCO2. The van der Waals surface area contributed by atoms with Crippen molar-refractivity contribution in [3.63, 3.8) is 0 Å². The Morgan fingerprint density at radius 2 is 1.58 bits per heavy atom. The van der Waals surface area contributed by atoms with Gasteiger partial charge in [0.15, 0.2) is 11.5 Å². The molecule has 0 aromatic heterocycles. The van der Waals surface area contributed by atoms with Crippen LogP contribution in [0.25, 0.3) is 0 Å². The van der Waals surface area contributed by atoms with E-state index in [4.69, 9.17) is 9.47 Å². The van der Waals surface area contributed by atoms with Crippen LogP contribution in [-0.2, 0) is 32.6 Å². The molecule has 2 amide bonds. The molecule has 1 aliphatic heterocycles. The number of hydrogen-bond acceptors (Lipinski definition) is 6. The molecule has 5 rings (SSSR count). The van der Waals surface area contributed by atoms with Gasteiger partial charge in [-0.25, -0.2) is 12.8 Å². The van der Waals surface area contributed by atoms with Gasteiger partial charge in [-0.3, -0.25) is 13.9 Å². The van der Waals surface area contributed by atoms with E-state index in [0.29, 0.717) is 18.9 Å². The number of benzene rings is 4. The van der Waals surface area contributed by atoms with Crippen LogP contribution in [0, 0.1) is 12.7 Å². The molecule has 1 heterocycles. The standard InChI is InChI=1S/C37H40FN3O6S/c1-3-4-20-39-37(43)33(23-28-11-6-5-7-12-28)40(25-29-13-9-8-10-27(29)2)36(42)26-41(31-16-14-30(38)15-17-31)48(44,45)32-18-19-34-35(24-32)47-22-21-46-34/h5-19,24,33H,3-4,20-23,25-26H2,1-2H3,(H,39,43)/t33-/m0/s1. The molecule has 0 radical (unpaired) electrons. The molecule has 11 heteroatoms. The summed E-state index contributed by atoms with van der Waals surface area (Å²) >= 11 is 0. The largest absolute Gasteiger partial charge is 0.486 e. The molecule has 0 spiro atoms. The van der Waals surface area contributed by atoms with E-state index in [1.165, 1.54) is 35.2 Å². The van der Waals surface area contributed by atoms with Crippen molar-refractivity contribution in [1.82, 2.24) is 10.2 Å². The molecular weight excluding hydrogens is 633 g/mol. The van der Waals surface area contributed by atoms with Gasteiger partial charge in [0.25, 0.3) is 10.0 Å². The number of nitrogens with zero attached hydrogens (tertiary/aromatic N) is 2. The number of rotatable bonds is 14. The number of sulfonamides is 1. The average molecular weight is 674 g/mol. The van der Waals surface area contributed by atoms with E-state index in [2.05, 4.69) is 5.32 Å². The number of ether oxygens (including phenoxy) is 2. The molecule has 1 N–H and O–H groups in total. The van der Waals surface area contributed by atoms with Crippen molar-refractivity contribution in [2.24, 2.45) is 0 Å². The summed E-state index contributed by atoms with van der Waals surface area (Å²) in [5.41, 5.74) is 2.66. The zero-order valence-corrected chi connectivity index (χ0v) is 27.9.